The predicted octanol–water partition coefficient (Wildman–Crippen LogP) is 2.89. The van der Waals surface area contributed by atoms with Crippen LogP contribution in [0.2, 0.25) is 0 Å². The van der Waals surface area contributed by atoms with E-state index in [1.165, 1.54) is 6.42 Å². The summed E-state index contributed by atoms with van der Waals surface area (Å²) in [6, 6.07) is 9.97. The molecule has 68 valence electrons. The van der Waals surface area contributed by atoms with E-state index in [0.717, 1.165) is 12.4 Å². The number of allylic oxidation sites excluding steroid dienone is 1. The Kier molecular flexibility index (Phi) is 2.35. The average molecular weight is 174 g/mol. The van der Waals surface area contributed by atoms with Crippen LogP contribution in [0.1, 0.15) is 6.42 Å². The molecule has 1 aliphatic carbocycles. The molecule has 1 fully saturated rings. The van der Waals surface area contributed by atoms with Crippen molar-refractivity contribution < 1.29 is 4.74 Å². The number of hydrogen-bond acceptors (Lipinski definition) is 1. The van der Waals surface area contributed by atoms with Crippen molar-refractivity contribution in [1.29, 1.82) is 0 Å². The highest BCUT2D eigenvalue weighted by atomic mass is 16.5. The van der Waals surface area contributed by atoms with E-state index in [-0.39, 0.29) is 0 Å². The van der Waals surface area contributed by atoms with Crippen LogP contribution < -0.4 is 4.74 Å². The molecule has 1 aliphatic rings. The number of rotatable bonds is 4. The Morgan fingerprint density at radius 1 is 1.38 bits per heavy atom. The molecule has 13 heavy (non-hydrogen) atoms. The lowest BCUT2D eigenvalue weighted by atomic mass is 10.3. The van der Waals surface area contributed by atoms with Gasteiger partial charge in [0, 0.05) is 0 Å². The van der Waals surface area contributed by atoms with Crippen molar-refractivity contribution >= 4 is 0 Å². The van der Waals surface area contributed by atoms with Crippen molar-refractivity contribution in [3.63, 3.8) is 0 Å². The van der Waals surface area contributed by atoms with E-state index in [0.29, 0.717) is 11.8 Å². The summed E-state index contributed by atoms with van der Waals surface area (Å²) >= 11 is 0. The highest BCUT2D eigenvalue weighted by Gasteiger charge is 2.34. The summed E-state index contributed by atoms with van der Waals surface area (Å²) in [6.45, 7) is 4.61. The van der Waals surface area contributed by atoms with E-state index in [1.807, 2.05) is 36.4 Å². The molecule has 2 atom stereocenters. The van der Waals surface area contributed by atoms with Crippen LogP contribution in [-0.4, -0.2) is 6.61 Å². The van der Waals surface area contributed by atoms with E-state index >= 15 is 0 Å². The van der Waals surface area contributed by atoms with Crippen molar-refractivity contribution in [3.8, 4) is 5.75 Å². The fourth-order valence-corrected chi connectivity index (χ4v) is 1.47. The van der Waals surface area contributed by atoms with Crippen LogP contribution in [0.25, 0.3) is 0 Å². The Hall–Kier alpha value is -1.24. The molecule has 1 aromatic rings. The number of para-hydroxylation sites is 1. The lowest BCUT2D eigenvalue weighted by Crippen LogP contribution is -1.99. The molecule has 2 rings (SSSR count). The van der Waals surface area contributed by atoms with Gasteiger partial charge in [-0.2, -0.15) is 0 Å². The van der Waals surface area contributed by atoms with Crippen LogP contribution in [-0.2, 0) is 0 Å². The molecule has 0 heterocycles. The molecule has 1 heteroatoms. The SMILES string of the molecule is C=C[C@H]1C[C@@H]1COc1ccccc1. The van der Waals surface area contributed by atoms with E-state index < -0.39 is 0 Å². The fraction of sp³-hybridized carbons (Fsp3) is 0.333. The quantitative estimate of drug-likeness (QED) is 0.638. The van der Waals surface area contributed by atoms with E-state index in [9.17, 15) is 0 Å². The molecule has 0 amide bonds. The smallest absolute Gasteiger partial charge is 0.119 e. The van der Waals surface area contributed by atoms with E-state index in [1.54, 1.807) is 0 Å². The minimum atomic E-state index is 0.698. The maximum atomic E-state index is 5.61. The molecule has 0 radical (unpaired) electrons. The molecule has 1 nitrogen and oxygen atoms in total. The van der Waals surface area contributed by atoms with Gasteiger partial charge in [0.15, 0.2) is 0 Å². The predicted molar refractivity (Wildman–Crippen MR) is 53.7 cm³/mol. The molecule has 0 aliphatic heterocycles. The van der Waals surface area contributed by atoms with Crippen LogP contribution in [0.3, 0.4) is 0 Å². The van der Waals surface area contributed by atoms with Gasteiger partial charge in [-0.05, 0) is 30.4 Å². The van der Waals surface area contributed by atoms with E-state index in [4.69, 9.17) is 4.74 Å². The molecular weight excluding hydrogens is 160 g/mol. The van der Waals surface area contributed by atoms with Gasteiger partial charge in [0.25, 0.3) is 0 Å². The first-order chi connectivity index (χ1) is 6.40. The fourth-order valence-electron chi connectivity index (χ4n) is 1.47. The largest absolute Gasteiger partial charge is 0.493 e. The van der Waals surface area contributed by atoms with Gasteiger partial charge in [0.1, 0.15) is 5.75 Å². The Morgan fingerprint density at radius 3 is 2.77 bits per heavy atom. The van der Waals surface area contributed by atoms with Gasteiger partial charge in [0.2, 0.25) is 0 Å². The van der Waals surface area contributed by atoms with Crippen LogP contribution in [0.15, 0.2) is 43.0 Å². The molecule has 0 unspecified atom stereocenters. The summed E-state index contributed by atoms with van der Waals surface area (Å²) in [7, 11) is 0. The number of hydrogen-bond donors (Lipinski definition) is 0. The zero-order chi connectivity index (χ0) is 9.10. The lowest BCUT2D eigenvalue weighted by molar-refractivity contribution is 0.295. The number of ether oxygens (including phenoxy) is 1. The minimum Gasteiger partial charge on any atom is -0.493 e. The van der Waals surface area contributed by atoms with Crippen LogP contribution >= 0.6 is 0 Å². The third-order valence-electron chi connectivity index (χ3n) is 2.49. The highest BCUT2D eigenvalue weighted by Crippen LogP contribution is 2.39. The normalized spacial score (nSPS) is 25.2. The second-order valence-corrected chi connectivity index (χ2v) is 3.52. The van der Waals surface area contributed by atoms with Gasteiger partial charge >= 0.3 is 0 Å². The third-order valence-corrected chi connectivity index (χ3v) is 2.49. The first-order valence-electron chi connectivity index (χ1n) is 4.70. The molecule has 0 spiro atoms. The summed E-state index contributed by atoms with van der Waals surface area (Å²) in [5, 5.41) is 0. The van der Waals surface area contributed by atoms with Gasteiger partial charge in [-0.15, -0.1) is 6.58 Å². The van der Waals surface area contributed by atoms with Crippen molar-refractivity contribution in [2.45, 2.75) is 6.42 Å². The Labute approximate surface area is 79.0 Å². The zero-order valence-corrected chi connectivity index (χ0v) is 7.65. The maximum Gasteiger partial charge on any atom is 0.119 e. The third kappa shape index (κ3) is 2.11. The summed E-state index contributed by atoms with van der Waals surface area (Å²) in [5.74, 6) is 2.37. The zero-order valence-electron chi connectivity index (χ0n) is 7.65. The second kappa shape index (κ2) is 3.65. The van der Waals surface area contributed by atoms with Gasteiger partial charge in [-0.3, -0.25) is 0 Å². The molecule has 0 N–H and O–H groups in total. The number of benzene rings is 1. The Balaban J connectivity index is 1.78. The van der Waals surface area contributed by atoms with Gasteiger partial charge in [-0.1, -0.05) is 24.3 Å². The molecule has 1 saturated carbocycles. The van der Waals surface area contributed by atoms with Crippen molar-refractivity contribution in [3.05, 3.63) is 43.0 Å². The maximum absolute atomic E-state index is 5.61. The first kappa shape index (κ1) is 8.36. The van der Waals surface area contributed by atoms with E-state index in [2.05, 4.69) is 6.58 Å². The molecule has 0 aromatic heterocycles. The molecular formula is C12H14O. The van der Waals surface area contributed by atoms with Crippen molar-refractivity contribution in [1.82, 2.24) is 0 Å². The Bertz CT molecular complexity index is 278. The van der Waals surface area contributed by atoms with Crippen LogP contribution in [0.5, 0.6) is 5.75 Å². The summed E-state index contributed by atoms with van der Waals surface area (Å²) in [6.07, 6.45) is 3.27. The first-order valence-corrected chi connectivity index (χ1v) is 4.70. The summed E-state index contributed by atoms with van der Waals surface area (Å²) in [5.41, 5.74) is 0. The van der Waals surface area contributed by atoms with Gasteiger partial charge in [0.05, 0.1) is 6.61 Å². The van der Waals surface area contributed by atoms with Crippen LogP contribution in [0, 0.1) is 11.8 Å². The summed E-state index contributed by atoms with van der Waals surface area (Å²) < 4.78 is 5.61. The van der Waals surface area contributed by atoms with Gasteiger partial charge < -0.3 is 4.74 Å². The lowest BCUT2D eigenvalue weighted by Gasteiger charge is -2.03. The monoisotopic (exact) mass is 174 g/mol. The van der Waals surface area contributed by atoms with Crippen LogP contribution in [0.4, 0.5) is 0 Å². The summed E-state index contributed by atoms with van der Waals surface area (Å²) in [4.78, 5) is 0. The minimum absolute atomic E-state index is 0.698. The Morgan fingerprint density at radius 2 is 2.15 bits per heavy atom. The molecule has 1 aromatic carbocycles. The highest BCUT2D eigenvalue weighted by molar-refractivity contribution is 5.21. The van der Waals surface area contributed by atoms with Gasteiger partial charge in [-0.25, -0.2) is 0 Å². The molecule has 0 bridgehead atoms. The standard InChI is InChI=1S/C12H14O/c1-2-10-8-11(10)9-13-12-6-4-3-5-7-12/h2-7,10-11H,1,8-9H2/t10-,11+/m0/s1. The van der Waals surface area contributed by atoms with Crippen molar-refractivity contribution in [2.24, 2.45) is 11.8 Å². The van der Waals surface area contributed by atoms with Crippen molar-refractivity contribution in [2.75, 3.05) is 6.61 Å². The topological polar surface area (TPSA) is 9.23 Å². The second-order valence-electron chi connectivity index (χ2n) is 3.52. The molecule has 0 saturated heterocycles. The average Bonchev–Trinajstić information content (AvgIpc) is 2.95.